The summed E-state index contributed by atoms with van der Waals surface area (Å²) in [4.78, 5) is 8.06. The minimum atomic E-state index is -0.110. The van der Waals surface area contributed by atoms with Gasteiger partial charge in [0.05, 0.1) is 25.2 Å². The number of aromatic nitrogens is 4. The normalized spacial score (nSPS) is 11.5. The van der Waals surface area contributed by atoms with Crippen LogP contribution in [-0.4, -0.2) is 39.9 Å². The molecule has 1 aromatic carbocycles. The van der Waals surface area contributed by atoms with Crippen molar-refractivity contribution in [2.24, 2.45) is 5.73 Å². The Morgan fingerprint density at radius 2 is 2.07 bits per heavy atom. The predicted molar refractivity (Wildman–Crippen MR) is 99.7 cm³/mol. The molecule has 9 nitrogen and oxygen atoms in total. The van der Waals surface area contributed by atoms with E-state index in [9.17, 15) is 0 Å². The van der Waals surface area contributed by atoms with E-state index in [1.54, 1.807) is 7.11 Å². The molecule has 0 saturated carbocycles. The molecule has 0 aliphatic heterocycles. The quantitative estimate of drug-likeness (QED) is 0.580. The molecule has 0 saturated heterocycles. The maximum Gasteiger partial charge on any atom is 0.161 e. The summed E-state index contributed by atoms with van der Waals surface area (Å²) < 4.78 is 11.2. The van der Waals surface area contributed by atoms with Crippen LogP contribution in [0.4, 0.5) is 11.6 Å². The number of ether oxygens (including phenoxy) is 2. The largest absolute Gasteiger partial charge is 0.493 e. The molecule has 2 heterocycles. The number of H-pyrrole nitrogens is 1. The molecule has 0 spiro atoms. The first-order valence-corrected chi connectivity index (χ1v) is 8.22. The fourth-order valence-corrected chi connectivity index (χ4v) is 2.31. The molecule has 4 N–H and O–H groups in total. The van der Waals surface area contributed by atoms with E-state index >= 15 is 0 Å². The third-order valence-corrected chi connectivity index (χ3v) is 3.74. The molecule has 138 valence electrons. The standard InChI is InChI=1S/C18H19N7O2/c1-11(7-19)27-15-4-3-12(5-16(15)26-2)14-6-17(25-24-14)23-18-10-21-13(8-20)9-22-18/h3-6,9-11H,7,19H2,1-2H3,(H2,22,23,24,25)/t11-/m0/s1. The van der Waals surface area contributed by atoms with Crippen molar-refractivity contribution in [2.75, 3.05) is 19.0 Å². The highest BCUT2D eigenvalue weighted by molar-refractivity contribution is 5.67. The maximum absolute atomic E-state index is 8.76. The number of hydrogen-bond acceptors (Lipinski definition) is 8. The van der Waals surface area contributed by atoms with E-state index in [-0.39, 0.29) is 11.8 Å². The highest BCUT2D eigenvalue weighted by Crippen LogP contribution is 2.33. The van der Waals surface area contributed by atoms with Crippen LogP contribution in [0.3, 0.4) is 0 Å². The smallest absolute Gasteiger partial charge is 0.161 e. The fourth-order valence-electron chi connectivity index (χ4n) is 2.31. The van der Waals surface area contributed by atoms with E-state index in [1.165, 1.54) is 12.4 Å². The zero-order valence-corrected chi connectivity index (χ0v) is 14.9. The van der Waals surface area contributed by atoms with Crippen LogP contribution < -0.4 is 20.5 Å². The SMILES string of the molecule is COc1cc(-c2cc(Nc3cnc(C#N)cn3)n[nH]2)ccc1O[C@@H](C)CN. The molecule has 27 heavy (non-hydrogen) atoms. The van der Waals surface area contributed by atoms with Crippen molar-refractivity contribution in [2.45, 2.75) is 13.0 Å². The Labute approximate surface area is 156 Å². The topological polar surface area (TPSA) is 135 Å². The molecule has 0 amide bonds. The van der Waals surface area contributed by atoms with Gasteiger partial charge in [-0.25, -0.2) is 9.97 Å². The summed E-state index contributed by atoms with van der Waals surface area (Å²) >= 11 is 0. The van der Waals surface area contributed by atoms with Crippen LogP contribution in [0, 0.1) is 11.3 Å². The van der Waals surface area contributed by atoms with Crippen LogP contribution in [-0.2, 0) is 0 Å². The number of rotatable bonds is 7. The molecule has 1 atom stereocenters. The van der Waals surface area contributed by atoms with E-state index in [0.717, 1.165) is 11.3 Å². The van der Waals surface area contributed by atoms with Crippen LogP contribution in [0.1, 0.15) is 12.6 Å². The van der Waals surface area contributed by atoms with Crippen molar-refractivity contribution in [1.82, 2.24) is 20.2 Å². The Hall–Kier alpha value is -3.64. The van der Waals surface area contributed by atoms with Crippen molar-refractivity contribution in [1.29, 1.82) is 5.26 Å². The number of hydrogen-bond donors (Lipinski definition) is 3. The molecule has 0 aliphatic rings. The molecule has 2 aromatic heterocycles. The van der Waals surface area contributed by atoms with Crippen molar-refractivity contribution in [3.05, 3.63) is 42.4 Å². The number of benzene rings is 1. The molecule has 0 aliphatic carbocycles. The monoisotopic (exact) mass is 365 g/mol. The Kier molecular flexibility index (Phi) is 5.49. The number of nitriles is 1. The van der Waals surface area contributed by atoms with Gasteiger partial charge in [0, 0.05) is 18.2 Å². The van der Waals surface area contributed by atoms with Gasteiger partial charge in [-0.05, 0) is 25.1 Å². The number of anilines is 2. The van der Waals surface area contributed by atoms with Crippen LogP contribution in [0.25, 0.3) is 11.3 Å². The van der Waals surface area contributed by atoms with Gasteiger partial charge in [0.1, 0.15) is 18.0 Å². The molecular weight excluding hydrogens is 346 g/mol. The van der Waals surface area contributed by atoms with E-state index in [1.807, 2.05) is 37.3 Å². The van der Waals surface area contributed by atoms with Gasteiger partial charge in [0.2, 0.25) is 0 Å². The predicted octanol–water partition coefficient (Wildman–Crippen LogP) is 2.22. The lowest BCUT2D eigenvalue weighted by Gasteiger charge is -2.15. The van der Waals surface area contributed by atoms with Gasteiger partial charge >= 0.3 is 0 Å². The lowest BCUT2D eigenvalue weighted by atomic mass is 10.1. The first-order chi connectivity index (χ1) is 13.1. The summed E-state index contributed by atoms with van der Waals surface area (Å²) in [6.45, 7) is 2.31. The van der Waals surface area contributed by atoms with E-state index in [4.69, 9.17) is 20.5 Å². The summed E-state index contributed by atoms with van der Waals surface area (Å²) in [5, 5.41) is 19.0. The number of nitrogens with one attached hydrogen (secondary N) is 2. The third kappa shape index (κ3) is 4.31. The lowest BCUT2D eigenvalue weighted by Crippen LogP contribution is -2.23. The highest BCUT2D eigenvalue weighted by atomic mass is 16.5. The lowest BCUT2D eigenvalue weighted by molar-refractivity contribution is 0.219. The van der Waals surface area contributed by atoms with Gasteiger partial charge in [-0.3, -0.25) is 5.10 Å². The zero-order chi connectivity index (χ0) is 19.2. The average Bonchev–Trinajstić information content (AvgIpc) is 3.17. The maximum atomic E-state index is 8.76. The fraction of sp³-hybridized carbons (Fsp3) is 0.222. The summed E-state index contributed by atoms with van der Waals surface area (Å²) in [6, 6.07) is 9.35. The molecule has 0 radical (unpaired) electrons. The Balaban J connectivity index is 1.78. The zero-order valence-electron chi connectivity index (χ0n) is 14.9. The van der Waals surface area contributed by atoms with Gasteiger partial charge in [0.15, 0.2) is 23.0 Å². The second-order valence-corrected chi connectivity index (χ2v) is 5.72. The molecule has 3 rings (SSSR count). The average molecular weight is 365 g/mol. The van der Waals surface area contributed by atoms with E-state index in [0.29, 0.717) is 29.7 Å². The minimum Gasteiger partial charge on any atom is -0.493 e. The van der Waals surface area contributed by atoms with Crippen LogP contribution >= 0.6 is 0 Å². The molecule has 3 aromatic rings. The molecule has 0 fully saturated rings. The number of methoxy groups -OCH3 is 1. The molecular formula is C18H19N7O2. The second kappa shape index (κ2) is 8.16. The van der Waals surface area contributed by atoms with Gasteiger partial charge < -0.3 is 20.5 Å². The summed E-state index contributed by atoms with van der Waals surface area (Å²) in [7, 11) is 1.59. The van der Waals surface area contributed by atoms with Crippen LogP contribution in [0.5, 0.6) is 11.5 Å². The minimum absolute atomic E-state index is 0.110. The first-order valence-electron chi connectivity index (χ1n) is 8.22. The van der Waals surface area contributed by atoms with Crippen molar-refractivity contribution < 1.29 is 9.47 Å². The molecule has 9 heteroatoms. The van der Waals surface area contributed by atoms with Crippen LogP contribution in [0.2, 0.25) is 0 Å². The number of aromatic amines is 1. The van der Waals surface area contributed by atoms with Crippen molar-refractivity contribution >= 4 is 11.6 Å². The summed E-state index contributed by atoms with van der Waals surface area (Å²) in [6.07, 6.45) is 2.75. The number of nitrogens with two attached hydrogens (primary N) is 1. The number of nitrogens with zero attached hydrogens (tertiary/aromatic N) is 4. The van der Waals surface area contributed by atoms with E-state index in [2.05, 4.69) is 25.5 Å². The third-order valence-electron chi connectivity index (χ3n) is 3.74. The molecule has 0 bridgehead atoms. The van der Waals surface area contributed by atoms with Gasteiger partial charge in [-0.2, -0.15) is 10.4 Å². The van der Waals surface area contributed by atoms with E-state index < -0.39 is 0 Å². The summed E-state index contributed by atoms with van der Waals surface area (Å²) in [5.41, 5.74) is 7.52. The first kappa shape index (κ1) is 18.2. The van der Waals surface area contributed by atoms with Crippen molar-refractivity contribution in [3.8, 4) is 28.8 Å². The van der Waals surface area contributed by atoms with Gasteiger partial charge in [-0.1, -0.05) is 0 Å². The van der Waals surface area contributed by atoms with Gasteiger partial charge in [-0.15, -0.1) is 0 Å². The Morgan fingerprint density at radius 1 is 1.22 bits per heavy atom. The van der Waals surface area contributed by atoms with Crippen LogP contribution in [0.15, 0.2) is 36.7 Å². The Bertz CT molecular complexity index is 947. The highest BCUT2D eigenvalue weighted by Gasteiger charge is 2.12. The van der Waals surface area contributed by atoms with Crippen molar-refractivity contribution in [3.63, 3.8) is 0 Å². The molecule has 0 unspecified atom stereocenters. The second-order valence-electron chi connectivity index (χ2n) is 5.72. The summed E-state index contributed by atoms with van der Waals surface area (Å²) in [5.74, 6) is 2.30. The Morgan fingerprint density at radius 3 is 2.74 bits per heavy atom. The van der Waals surface area contributed by atoms with Gasteiger partial charge in [0.25, 0.3) is 0 Å².